The van der Waals surface area contributed by atoms with Crippen LogP contribution in [-0.4, -0.2) is 42.7 Å². The topological polar surface area (TPSA) is 53.1 Å². The van der Waals surface area contributed by atoms with Gasteiger partial charge in [-0.2, -0.15) is 4.98 Å². The normalized spacial score (nSPS) is 16.2. The van der Waals surface area contributed by atoms with Crippen molar-refractivity contribution in [1.82, 2.24) is 15.3 Å². The van der Waals surface area contributed by atoms with E-state index >= 15 is 0 Å². The van der Waals surface area contributed by atoms with E-state index in [9.17, 15) is 0 Å². The Bertz CT molecular complexity index is 351. The molecule has 88 valence electrons. The number of aromatic nitrogens is 2. The zero-order valence-electron chi connectivity index (χ0n) is 9.33. The Morgan fingerprint density at radius 2 is 2.25 bits per heavy atom. The van der Waals surface area contributed by atoms with Crippen molar-refractivity contribution in [3.8, 4) is 0 Å². The van der Waals surface area contributed by atoms with Gasteiger partial charge < -0.3 is 15.5 Å². The van der Waals surface area contributed by atoms with Crippen LogP contribution in [0.25, 0.3) is 0 Å². The molecule has 0 unspecified atom stereocenters. The van der Waals surface area contributed by atoms with Crippen LogP contribution in [0, 0.1) is 0 Å². The van der Waals surface area contributed by atoms with Crippen LogP contribution in [0.3, 0.4) is 0 Å². The summed E-state index contributed by atoms with van der Waals surface area (Å²) in [5.74, 6) is 1.67. The standard InChI is InChI=1S/C10H16BrN5/c1-2-13-10-14-7-8(11)9(15-10)16-5-3-12-4-6-16/h7,12H,2-6H2,1H3,(H,13,14,15). The first-order chi connectivity index (χ1) is 7.81. The minimum Gasteiger partial charge on any atom is -0.354 e. The average Bonchev–Trinajstić information content (AvgIpc) is 2.33. The molecule has 1 aliphatic heterocycles. The van der Waals surface area contributed by atoms with Crippen molar-refractivity contribution >= 4 is 27.7 Å². The molecular weight excluding hydrogens is 270 g/mol. The number of hydrogen-bond acceptors (Lipinski definition) is 5. The number of nitrogens with zero attached hydrogens (tertiary/aromatic N) is 3. The molecule has 0 radical (unpaired) electrons. The van der Waals surface area contributed by atoms with E-state index in [1.807, 2.05) is 13.1 Å². The molecule has 0 spiro atoms. The highest BCUT2D eigenvalue weighted by Crippen LogP contribution is 2.24. The van der Waals surface area contributed by atoms with E-state index in [4.69, 9.17) is 0 Å². The van der Waals surface area contributed by atoms with Crippen molar-refractivity contribution in [2.75, 3.05) is 42.9 Å². The second kappa shape index (κ2) is 5.45. The molecule has 1 aromatic heterocycles. The first-order valence-corrected chi connectivity index (χ1v) is 6.32. The third kappa shape index (κ3) is 2.62. The summed E-state index contributed by atoms with van der Waals surface area (Å²) in [6.45, 7) is 6.86. The third-order valence-electron chi connectivity index (χ3n) is 2.48. The average molecular weight is 286 g/mol. The molecule has 0 amide bonds. The molecule has 1 aliphatic rings. The first-order valence-electron chi connectivity index (χ1n) is 5.53. The third-order valence-corrected chi connectivity index (χ3v) is 3.04. The number of piperazine rings is 1. The molecule has 5 nitrogen and oxygen atoms in total. The van der Waals surface area contributed by atoms with E-state index in [1.54, 1.807) is 0 Å². The molecule has 0 atom stereocenters. The van der Waals surface area contributed by atoms with Gasteiger partial charge in [-0.1, -0.05) is 0 Å². The molecule has 2 heterocycles. The Morgan fingerprint density at radius 1 is 1.50 bits per heavy atom. The highest BCUT2D eigenvalue weighted by Gasteiger charge is 2.15. The van der Waals surface area contributed by atoms with E-state index in [0.29, 0.717) is 5.95 Å². The Labute approximate surface area is 104 Å². The molecule has 0 aliphatic carbocycles. The number of rotatable bonds is 3. The van der Waals surface area contributed by atoms with Gasteiger partial charge in [0.05, 0.1) is 4.47 Å². The van der Waals surface area contributed by atoms with Gasteiger partial charge in [0.15, 0.2) is 0 Å². The van der Waals surface area contributed by atoms with Crippen molar-refractivity contribution < 1.29 is 0 Å². The molecule has 0 aromatic carbocycles. The molecule has 16 heavy (non-hydrogen) atoms. The second-order valence-electron chi connectivity index (χ2n) is 3.63. The Hall–Kier alpha value is -0.880. The van der Waals surface area contributed by atoms with Gasteiger partial charge in [-0.15, -0.1) is 0 Å². The molecule has 6 heteroatoms. The van der Waals surface area contributed by atoms with Gasteiger partial charge in [-0.25, -0.2) is 4.98 Å². The van der Waals surface area contributed by atoms with Crippen LogP contribution in [-0.2, 0) is 0 Å². The first kappa shape index (κ1) is 11.6. The van der Waals surface area contributed by atoms with Gasteiger partial charge >= 0.3 is 0 Å². The summed E-state index contributed by atoms with van der Waals surface area (Å²) in [5.41, 5.74) is 0. The second-order valence-corrected chi connectivity index (χ2v) is 4.49. The summed E-state index contributed by atoms with van der Waals surface area (Å²) in [7, 11) is 0. The van der Waals surface area contributed by atoms with Gasteiger partial charge in [0.2, 0.25) is 5.95 Å². The van der Waals surface area contributed by atoms with Crippen molar-refractivity contribution in [3.63, 3.8) is 0 Å². The maximum atomic E-state index is 4.51. The molecule has 0 bridgehead atoms. The predicted molar refractivity (Wildman–Crippen MR) is 69.0 cm³/mol. The number of halogens is 1. The fourth-order valence-electron chi connectivity index (χ4n) is 1.70. The molecule has 0 saturated carbocycles. The van der Waals surface area contributed by atoms with Crippen LogP contribution >= 0.6 is 15.9 Å². The van der Waals surface area contributed by atoms with Crippen LogP contribution in [0.5, 0.6) is 0 Å². The van der Waals surface area contributed by atoms with Crippen LogP contribution < -0.4 is 15.5 Å². The summed E-state index contributed by atoms with van der Waals surface area (Å²) in [4.78, 5) is 11.0. The quantitative estimate of drug-likeness (QED) is 0.871. The van der Waals surface area contributed by atoms with E-state index in [-0.39, 0.29) is 0 Å². The smallest absolute Gasteiger partial charge is 0.224 e. The zero-order valence-corrected chi connectivity index (χ0v) is 10.9. The maximum Gasteiger partial charge on any atom is 0.224 e. The minimum absolute atomic E-state index is 0.694. The largest absolute Gasteiger partial charge is 0.354 e. The fraction of sp³-hybridized carbons (Fsp3) is 0.600. The van der Waals surface area contributed by atoms with E-state index in [0.717, 1.165) is 43.0 Å². The fourth-order valence-corrected chi connectivity index (χ4v) is 2.14. The summed E-state index contributed by atoms with van der Waals surface area (Å²) in [5, 5.41) is 6.46. The lowest BCUT2D eigenvalue weighted by atomic mass is 10.3. The highest BCUT2D eigenvalue weighted by atomic mass is 79.9. The van der Waals surface area contributed by atoms with Gasteiger partial charge in [0.25, 0.3) is 0 Å². The van der Waals surface area contributed by atoms with Crippen molar-refractivity contribution in [2.45, 2.75) is 6.92 Å². The van der Waals surface area contributed by atoms with Crippen molar-refractivity contribution in [2.24, 2.45) is 0 Å². The summed E-state index contributed by atoms with van der Waals surface area (Å²) >= 11 is 3.50. The number of hydrogen-bond donors (Lipinski definition) is 2. The van der Waals surface area contributed by atoms with Crippen LogP contribution in [0.15, 0.2) is 10.7 Å². The van der Waals surface area contributed by atoms with Gasteiger partial charge in [-0.05, 0) is 22.9 Å². The lowest BCUT2D eigenvalue weighted by molar-refractivity contribution is 0.584. The van der Waals surface area contributed by atoms with Crippen LogP contribution in [0.1, 0.15) is 6.92 Å². The molecule has 2 N–H and O–H groups in total. The van der Waals surface area contributed by atoms with Gasteiger partial charge in [0, 0.05) is 38.9 Å². The SMILES string of the molecule is CCNc1ncc(Br)c(N2CCNCC2)n1. The number of nitrogens with one attached hydrogen (secondary N) is 2. The van der Waals surface area contributed by atoms with Crippen molar-refractivity contribution in [3.05, 3.63) is 10.7 Å². The number of anilines is 2. The minimum atomic E-state index is 0.694. The molecule has 1 fully saturated rings. The lowest BCUT2D eigenvalue weighted by Gasteiger charge is -2.29. The zero-order chi connectivity index (χ0) is 11.4. The maximum absolute atomic E-state index is 4.51. The Kier molecular flexibility index (Phi) is 3.95. The lowest BCUT2D eigenvalue weighted by Crippen LogP contribution is -2.44. The van der Waals surface area contributed by atoms with Gasteiger partial charge in [-0.3, -0.25) is 0 Å². The van der Waals surface area contributed by atoms with Crippen LogP contribution in [0.2, 0.25) is 0 Å². The molecule has 1 saturated heterocycles. The van der Waals surface area contributed by atoms with E-state index in [2.05, 4.69) is 41.4 Å². The Balaban J connectivity index is 2.19. The molecule has 1 aromatic rings. The van der Waals surface area contributed by atoms with Crippen LogP contribution in [0.4, 0.5) is 11.8 Å². The molecular formula is C10H16BrN5. The summed E-state index contributed by atoms with van der Waals surface area (Å²) in [6, 6.07) is 0. The summed E-state index contributed by atoms with van der Waals surface area (Å²) < 4.78 is 0.955. The van der Waals surface area contributed by atoms with E-state index in [1.165, 1.54) is 0 Å². The molecule has 2 rings (SSSR count). The monoisotopic (exact) mass is 285 g/mol. The van der Waals surface area contributed by atoms with Crippen molar-refractivity contribution in [1.29, 1.82) is 0 Å². The highest BCUT2D eigenvalue weighted by molar-refractivity contribution is 9.10. The summed E-state index contributed by atoms with van der Waals surface area (Å²) in [6.07, 6.45) is 1.81. The Morgan fingerprint density at radius 3 is 2.94 bits per heavy atom. The van der Waals surface area contributed by atoms with Gasteiger partial charge in [0.1, 0.15) is 5.82 Å². The van der Waals surface area contributed by atoms with E-state index < -0.39 is 0 Å². The predicted octanol–water partition coefficient (Wildman–Crippen LogP) is 1.08.